The molecule has 0 fully saturated rings. The first-order chi connectivity index (χ1) is 17.3. The molecule has 3 aromatic carbocycles. The van der Waals surface area contributed by atoms with Gasteiger partial charge in [-0.25, -0.2) is 10.2 Å². The molecule has 0 saturated heterocycles. The van der Waals surface area contributed by atoms with Crippen LogP contribution in [0.4, 0.5) is 0 Å². The van der Waals surface area contributed by atoms with Crippen molar-refractivity contribution in [2.75, 3.05) is 13.3 Å². The number of amides is 2. The van der Waals surface area contributed by atoms with Crippen molar-refractivity contribution in [2.24, 2.45) is 5.10 Å². The zero-order valence-corrected chi connectivity index (χ0v) is 23.0. The minimum absolute atomic E-state index is 0.0975. The number of hydrogen-bond donors (Lipinski definition) is 2. The summed E-state index contributed by atoms with van der Waals surface area (Å²) in [5.74, 6) is -0.332. The van der Waals surface area contributed by atoms with E-state index in [4.69, 9.17) is 14.2 Å². The summed E-state index contributed by atoms with van der Waals surface area (Å²) in [6, 6.07) is 14.9. The fraction of sp³-hybridized carbons (Fsp3) is 0.0833. The zero-order valence-electron chi connectivity index (χ0n) is 18.2. The maximum absolute atomic E-state index is 12.6. The lowest BCUT2D eigenvalue weighted by Crippen LogP contribution is -2.34. The summed E-state index contributed by atoms with van der Waals surface area (Å²) in [7, 11) is 0. The number of ether oxygens (including phenoxy) is 3. The molecule has 184 valence electrons. The fourth-order valence-corrected chi connectivity index (χ4v) is 4.80. The van der Waals surface area contributed by atoms with Gasteiger partial charge in [0, 0.05) is 20.1 Å². The average Bonchev–Trinajstić information content (AvgIpc) is 3.32. The van der Waals surface area contributed by atoms with Gasteiger partial charge < -0.3 is 19.5 Å². The number of nitrogens with one attached hydrogen (secondary N) is 2. The average molecular weight is 682 g/mol. The predicted octanol–water partition coefficient (Wildman–Crippen LogP) is 4.80. The van der Waals surface area contributed by atoms with Crippen LogP contribution >= 0.6 is 47.8 Å². The largest absolute Gasteiger partial charge is 0.454 e. The summed E-state index contributed by atoms with van der Waals surface area (Å²) in [6.07, 6.45) is 1.33. The van der Waals surface area contributed by atoms with Crippen molar-refractivity contribution in [3.63, 3.8) is 0 Å². The molecule has 0 unspecified atom stereocenters. The number of carbonyl (C=O) groups excluding carboxylic acids is 3. The standard InChI is InChI=1S/C24H16Br3N3O6/c25-16-3-1-2-14(6-16)24(33)36-22-15(7-17(26)9-18(22)27)10-29-30-21(31)11-28-23(32)13-4-5-19-20(8-13)35-12-34-19/h1-10H,11-12H2,(H,28,32)(H,30,31). The molecule has 1 aliphatic rings. The van der Waals surface area contributed by atoms with Crippen LogP contribution in [0.3, 0.4) is 0 Å². The molecule has 1 heterocycles. The summed E-state index contributed by atoms with van der Waals surface area (Å²) in [4.78, 5) is 37.1. The third-order valence-corrected chi connectivity index (χ3v) is 6.27. The van der Waals surface area contributed by atoms with Crippen molar-refractivity contribution in [3.05, 3.63) is 84.7 Å². The van der Waals surface area contributed by atoms with Crippen molar-refractivity contribution in [1.82, 2.24) is 10.7 Å². The van der Waals surface area contributed by atoms with E-state index in [9.17, 15) is 14.4 Å². The number of hydrogen-bond acceptors (Lipinski definition) is 7. The van der Waals surface area contributed by atoms with Crippen LogP contribution in [0.1, 0.15) is 26.3 Å². The van der Waals surface area contributed by atoms with Crippen LogP contribution in [0.15, 0.2) is 73.1 Å². The number of fused-ring (bicyclic) bond motifs is 1. The summed E-state index contributed by atoms with van der Waals surface area (Å²) in [5.41, 5.74) is 3.43. The van der Waals surface area contributed by atoms with Crippen molar-refractivity contribution >= 4 is 71.8 Å². The van der Waals surface area contributed by atoms with E-state index in [1.807, 2.05) is 0 Å². The highest BCUT2D eigenvalue weighted by molar-refractivity contribution is 9.11. The molecule has 36 heavy (non-hydrogen) atoms. The highest BCUT2D eigenvalue weighted by Crippen LogP contribution is 2.33. The molecule has 0 atom stereocenters. The normalized spacial score (nSPS) is 11.9. The molecule has 0 saturated carbocycles. The van der Waals surface area contributed by atoms with Gasteiger partial charge >= 0.3 is 5.97 Å². The minimum atomic E-state index is -0.566. The van der Waals surface area contributed by atoms with Crippen LogP contribution in [-0.4, -0.2) is 37.3 Å². The number of carbonyl (C=O) groups is 3. The lowest BCUT2D eigenvalue weighted by atomic mass is 10.2. The van der Waals surface area contributed by atoms with Gasteiger partial charge in [-0.2, -0.15) is 5.10 Å². The number of hydrazone groups is 1. The van der Waals surface area contributed by atoms with E-state index in [1.165, 1.54) is 12.3 Å². The lowest BCUT2D eigenvalue weighted by Gasteiger charge is -2.11. The molecule has 2 N–H and O–H groups in total. The SMILES string of the molecule is O=C(CNC(=O)c1ccc2c(c1)OCO2)NN=Cc1cc(Br)cc(Br)c1OC(=O)c1cccc(Br)c1. The Kier molecular flexibility index (Phi) is 8.39. The molecule has 4 rings (SSSR count). The van der Waals surface area contributed by atoms with Gasteiger partial charge in [-0.1, -0.05) is 37.9 Å². The number of halogens is 3. The smallest absolute Gasteiger partial charge is 0.343 e. The van der Waals surface area contributed by atoms with E-state index in [1.54, 1.807) is 48.5 Å². The Morgan fingerprint density at radius 2 is 1.75 bits per heavy atom. The lowest BCUT2D eigenvalue weighted by molar-refractivity contribution is -0.120. The van der Waals surface area contributed by atoms with Crippen LogP contribution in [0.5, 0.6) is 17.2 Å². The number of nitrogens with zero attached hydrogens (tertiary/aromatic N) is 1. The molecule has 2 amide bonds. The van der Waals surface area contributed by atoms with E-state index >= 15 is 0 Å². The maximum atomic E-state index is 12.6. The monoisotopic (exact) mass is 679 g/mol. The molecule has 0 bridgehead atoms. The number of rotatable bonds is 7. The molecule has 0 aliphatic carbocycles. The fourth-order valence-electron chi connectivity index (χ4n) is 3.06. The van der Waals surface area contributed by atoms with Gasteiger partial charge in [0.15, 0.2) is 17.2 Å². The molecular formula is C24H16Br3N3O6. The Hall–Kier alpha value is -3.22. The summed E-state index contributed by atoms with van der Waals surface area (Å²) >= 11 is 10.1. The summed E-state index contributed by atoms with van der Waals surface area (Å²) < 4.78 is 18.0. The maximum Gasteiger partial charge on any atom is 0.343 e. The van der Waals surface area contributed by atoms with Crippen molar-refractivity contribution in [1.29, 1.82) is 0 Å². The molecule has 9 nitrogen and oxygen atoms in total. The first-order valence-electron chi connectivity index (χ1n) is 10.3. The third-order valence-electron chi connectivity index (χ3n) is 4.73. The van der Waals surface area contributed by atoms with Crippen molar-refractivity contribution in [3.8, 4) is 17.2 Å². The Labute approximate surface area is 230 Å². The second-order valence-electron chi connectivity index (χ2n) is 7.25. The number of benzene rings is 3. The molecular weight excluding hydrogens is 666 g/mol. The first kappa shape index (κ1) is 25.9. The van der Waals surface area contributed by atoms with Crippen LogP contribution < -0.4 is 25.0 Å². The van der Waals surface area contributed by atoms with Gasteiger partial charge in [-0.15, -0.1) is 0 Å². The Bertz CT molecular complexity index is 1380. The molecule has 1 aliphatic heterocycles. The zero-order chi connectivity index (χ0) is 25.7. The highest BCUT2D eigenvalue weighted by Gasteiger charge is 2.17. The van der Waals surface area contributed by atoms with E-state index in [-0.39, 0.29) is 19.1 Å². The quantitative estimate of drug-likeness (QED) is 0.160. The van der Waals surface area contributed by atoms with Crippen molar-refractivity contribution < 1.29 is 28.6 Å². The predicted molar refractivity (Wildman–Crippen MR) is 142 cm³/mol. The minimum Gasteiger partial charge on any atom is -0.454 e. The van der Waals surface area contributed by atoms with Crippen LogP contribution in [0.25, 0.3) is 0 Å². The molecule has 0 radical (unpaired) electrons. The topological polar surface area (TPSA) is 115 Å². The summed E-state index contributed by atoms with van der Waals surface area (Å²) in [5, 5.41) is 6.43. The highest BCUT2D eigenvalue weighted by atomic mass is 79.9. The Balaban J connectivity index is 1.37. The van der Waals surface area contributed by atoms with Crippen LogP contribution in [0, 0.1) is 0 Å². The molecule has 12 heteroatoms. The number of esters is 1. The van der Waals surface area contributed by atoms with Gasteiger partial charge in [-0.05, 0) is 64.5 Å². The van der Waals surface area contributed by atoms with Crippen LogP contribution in [0.2, 0.25) is 0 Å². The Morgan fingerprint density at radius 3 is 2.56 bits per heavy atom. The molecule has 0 aromatic heterocycles. The molecule has 3 aromatic rings. The Morgan fingerprint density at radius 1 is 0.944 bits per heavy atom. The second-order valence-corrected chi connectivity index (χ2v) is 9.94. The summed E-state index contributed by atoms with van der Waals surface area (Å²) in [6.45, 7) is -0.210. The second kappa shape index (κ2) is 11.7. The van der Waals surface area contributed by atoms with Gasteiger partial charge in [0.05, 0.1) is 22.8 Å². The van der Waals surface area contributed by atoms with Gasteiger partial charge in [0.2, 0.25) is 6.79 Å². The van der Waals surface area contributed by atoms with Gasteiger partial charge in [0.25, 0.3) is 11.8 Å². The van der Waals surface area contributed by atoms with Crippen LogP contribution in [-0.2, 0) is 4.79 Å². The molecule has 0 spiro atoms. The van der Waals surface area contributed by atoms with E-state index in [0.717, 1.165) is 4.47 Å². The van der Waals surface area contributed by atoms with Gasteiger partial charge in [0.1, 0.15) is 0 Å². The van der Waals surface area contributed by atoms with Gasteiger partial charge in [-0.3, -0.25) is 9.59 Å². The van der Waals surface area contributed by atoms with E-state index < -0.39 is 17.8 Å². The van der Waals surface area contributed by atoms with E-state index in [0.29, 0.717) is 37.1 Å². The third kappa shape index (κ3) is 6.50. The van der Waals surface area contributed by atoms with E-state index in [2.05, 4.69) is 63.6 Å². The van der Waals surface area contributed by atoms with Crippen molar-refractivity contribution in [2.45, 2.75) is 0 Å². The first-order valence-corrected chi connectivity index (χ1v) is 12.6.